The molecule has 4 heteroatoms. The van der Waals surface area contributed by atoms with Crippen LogP contribution in [0, 0.1) is 52.3 Å². The molecular formula is C27H46O4. The predicted molar refractivity (Wildman–Crippen MR) is 122 cm³/mol. The summed E-state index contributed by atoms with van der Waals surface area (Å²) in [7, 11) is 0. The first-order chi connectivity index (χ1) is 14.6. The Hall–Kier alpha value is -0.610. The fourth-order valence-electron chi connectivity index (χ4n) is 9.40. The SMILES string of the molecule is CCOC(=O)CC[C@@H](C)[C@H]1CCC2C3C(CC[C@@]21C)[C@@]1(C)CC[C@@H](O)C[C@H]1[C@@H](C)[C@H]3O. The van der Waals surface area contributed by atoms with Crippen LogP contribution in [0.5, 0.6) is 0 Å². The summed E-state index contributed by atoms with van der Waals surface area (Å²) in [5.41, 5.74) is 0.533. The predicted octanol–water partition coefficient (Wildman–Crippen LogP) is 5.20. The Balaban J connectivity index is 1.53. The molecule has 3 unspecified atom stereocenters. The van der Waals surface area contributed by atoms with Crippen LogP contribution in [0.1, 0.15) is 92.4 Å². The molecule has 4 rings (SSSR count). The second-order valence-electron chi connectivity index (χ2n) is 12.2. The number of carbonyl (C=O) groups is 1. The van der Waals surface area contributed by atoms with Crippen molar-refractivity contribution in [1.29, 1.82) is 0 Å². The number of fused-ring (bicyclic) bond motifs is 5. The quantitative estimate of drug-likeness (QED) is 0.584. The van der Waals surface area contributed by atoms with Gasteiger partial charge in [-0.2, -0.15) is 0 Å². The van der Waals surface area contributed by atoms with E-state index in [1.54, 1.807) is 0 Å². The van der Waals surface area contributed by atoms with E-state index in [4.69, 9.17) is 4.74 Å². The van der Waals surface area contributed by atoms with Crippen molar-refractivity contribution in [2.45, 2.75) is 105 Å². The number of aliphatic hydroxyl groups excluding tert-OH is 2. The molecule has 4 nitrogen and oxygen atoms in total. The van der Waals surface area contributed by atoms with E-state index in [1.165, 1.54) is 25.7 Å². The minimum absolute atomic E-state index is 0.0623. The second-order valence-corrected chi connectivity index (χ2v) is 12.2. The highest BCUT2D eigenvalue weighted by molar-refractivity contribution is 5.69. The summed E-state index contributed by atoms with van der Waals surface area (Å²) in [6, 6.07) is 0. The van der Waals surface area contributed by atoms with Gasteiger partial charge in [0, 0.05) is 6.42 Å². The van der Waals surface area contributed by atoms with Gasteiger partial charge in [-0.05, 0) is 111 Å². The van der Waals surface area contributed by atoms with Gasteiger partial charge in [-0.1, -0.05) is 27.7 Å². The molecule has 0 aromatic heterocycles. The molecule has 0 bridgehead atoms. The van der Waals surface area contributed by atoms with E-state index in [9.17, 15) is 15.0 Å². The summed E-state index contributed by atoms with van der Waals surface area (Å²) in [6.07, 6.45) is 8.83. The largest absolute Gasteiger partial charge is 0.466 e. The molecular weight excluding hydrogens is 388 g/mol. The van der Waals surface area contributed by atoms with E-state index in [0.29, 0.717) is 48.5 Å². The minimum atomic E-state index is -0.244. The molecule has 0 amide bonds. The molecule has 4 fully saturated rings. The smallest absolute Gasteiger partial charge is 0.305 e. The summed E-state index contributed by atoms with van der Waals surface area (Å²) in [4.78, 5) is 11.9. The van der Waals surface area contributed by atoms with Crippen LogP contribution < -0.4 is 0 Å². The number of ether oxygens (including phenoxy) is 1. The molecule has 0 aromatic carbocycles. The van der Waals surface area contributed by atoms with Crippen LogP contribution in [0.4, 0.5) is 0 Å². The van der Waals surface area contributed by atoms with Gasteiger partial charge in [0.15, 0.2) is 0 Å². The minimum Gasteiger partial charge on any atom is -0.466 e. The Labute approximate surface area is 189 Å². The molecule has 0 aliphatic heterocycles. The Morgan fingerprint density at radius 3 is 2.42 bits per heavy atom. The Morgan fingerprint density at radius 1 is 1.03 bits per heavy atom. The van der Waals surface area contributed by atoms with E-state index in [0.717, 1.165) is 25.7 Å². The molecule has 31 heavy (non-hydrogen) atoms. The zero-order valence-electron chi connectivity index (χ0n) is 20.5. The first-order valence-corrected chi connectivity index (χ1v) is 13.1. The molecule has 0 saturated heterocycles. The maximum atomic E-state index is 11.9. The molecule has 4 aliphatic rings. The average molecular weight is 435 g/mol. The van der Waals surface area contributed by atoms with E-state index in [2.05, 4.69) is 27.7 Å². The van der Waals surface area contributed by atoms with Crippen LogP contribution in [-0.4, -0.2) is 35.0 Å². The van der Waals surface area contributed by atoms with Crippen molar-refractivity contribution in [3.8, 4) is 0 Å². The lowest BCUT2D eigenvalue weighted by molar-refractivity contribution is -0.199. The fraction of sp³-hybridized carbons (Fsp3) is 0.963. The lowest BCUT2D eigenvalue weighted by Gasteiger charge is -2.64. The Kier molecular flexibility index (Phi) is 6.55. The van der Waals surface area contributed by atoms with Crippen LogP contribution in [0.3, 0.4) is 0 Å². The second kappa shape index (κ2) is 8.63. The number of rotatable bonds is 5. The standard InChI is InChI=1S/C27H46O4/c1-6-31-23(29)10-7-16(2)19-8-9-20-24-21(12-14-26(19,20)4)27(5)13-11-18(28)15-22(27)17(3)25(24)30/h16-22,24-25,28,30H,6-15H2,1-5H3/t16-,17-,18-,19-,20?,21?,22+,24?,25-,26-,27-/m1/s1. The first-order valence-electron chi connectivity index (χ1n) is 13.1. The van der Waals surface area contributed by atoms with Gasteiger partial charge in [-0.25, -0.2) is 0 Å². The van der Waals surface area contributed by atoms with Crippen LogP contribution in [-0.2, 0) is 9.53 Å². The summed E-state index contributed by atoms with van der Waals surface area (Å²) < 4.78 is 5.16. The van der Waals surface area contributed by atoms with Gasteiger partial charge in [0.2, 0.25) is 0 Å². The van der Waals surface area contributed by atoms with Gasteiger partial charge >= 0.3 is 5.97 Å². The van der Waals surface area contributed by atoms with Crippen LogP contribution in [0.25, 0.3) is 0 Å². The number of aliphatic hydroxyl groups is 2. The molecule has 178 valence electrons. The van der Waals surface area contributed by atoms with Crippen LogP contribution in [0.2, 0.25) is 0 Å². The van der Waals surface area contributed by atoms with Crippen LogP contribution >= 0.6 is 0 Å². The summed E-state index contributed by atoms with van der Waals surface area (Å²) in [6.45, 7) is 11.9. The zero-order valence-corrected chi connectivity index (χ0v) is 20.5. The molecule has 0 radical (unpaired) electrons. The molecule has 11 atom stereocenters. The van der Waals surface area contributed by atoms with Crippen molar-refractivity contribution in [2.75, 3.05) is 6.61 Å². The van der Waals surface area contributed by atoms with Crippen molar-refractivity contribution in [2.24, 2.45) is 52.3 Å². The monoisotopic (exact) mass is 434 g/mol. The topological polar surface area (TPSA) is 66.8 Å². The normalized spacial score (nSPS) is 50.2. The number of esters is 1. The van der Waals surface area contributed by atoms with Gasteiger partial charge in [0.1, 0.15) is 0 Å². The third-order valence-corrected chi connectivity index (χ3v) is 11.0. The van der Waals surface area contributed by atoms with Gasteiger partial charge in [-0.15, -0.1) is 0 Å². The highest BCUT2D eigenvalue weighted by Crippen LogP contribution is 2.69. The maximum Gasteiger partial charge on any atom is 0.305 e. The van der Waals surface area contributed by atoms with Gasteiger partial charge in [0.05, 0.1) is 18.8 Å². The lowest BCUT2D eigenvalue weighted by atomic mass is 9.42. The highest BCUT2D eigenvalue weighted by atomic mass is 16.5. The molecule has 0 aromatic rings. The number of carbonyl (C=O) groups excluding carboxylic acids is 1. The van der Waals surface area contributed by atoms with Crippen molar-refractivity contribution in [3.05, 3.63) is 0 Å². The molecule has 2 N–H and O–H groups in total. The Bertz CT molecular complexity index is 664. The van der Waals surface area contributed by atoms with Crippen molar-refractivity contribution in [3.63, 3.8) is 0 Å². The maximum absolute atomic E-state index is 11.9. The number of hydrogen-bond acceptors (Lipinski definition) is 4. The summed E-state index contributed by atoms with van der Waals surface area (Å²) in [5.74, 6) is 3.37. The van der Waals surface area contributed by atoms with Gasteiger partial charge in [-0.3, -0.25) is 4.79 Å². The molecule has 4 aliphatic carbocycles. The lowest BCUT2D eigenvalue weighted by Crippen LogP contribution is -2.61. The van der Waals surface area contributed by atoms with E-state index >= 15 is 0 Å². The fourth-order valence-corrected chi connectivity index (χ4v) is 9.40. The molecule has 4 saturated carbocycles. The first kappa shape index (κ1) is 23.5. The third-order valence-electron chi connectivity index (χ3n) is 11.0. The average Bonchev–Trinajstić information content (AvgIpc) is 3.08. The van der Waals surface area contributed by atoms with E-state index < -0.39 is 0 Å². The zero-order chi connectivity index (χ0) is 22.6. The van der Waals surface area contributed by atoms with Gasteiger partial charge in [0.25, 0.3) is 0 Å². The summed E-state index contributed by atoms with van der Waals surface area (Å²) >= 11 is 0. The van der Waals surface area contributed by atoms with Gasteiger partial charge < -0.3 is 14.9 Å². The number of hydrogen-bond donors (Lipinski definition) is 2. The van der Waals surface area contributed by atoms with E-state index in [-0.39, 0.29) is 34.9 Å². The van der Waals surface area contributed by atoms with Crippen molar-refractivity contribution in [1.82, 2.24) is 0 Å². The molecule has 0 heterocycles. The van der Waals surface area contributed by atoms with E-state index in [1.807, 2.05) is 6.92 Å². The summed E-state index contributed by atoms with van der Waals surface area (Å²) in [5, 5.41) is 21.9. The van der Waals surface area contributed by atoms with Crippen molar-refractivity contribution < 1.29 is 19.7 Å². The van der Waals surface area contributed by atoms with Crippen LogP contribution in [0.15, 0.2) is 0 Å². The molecule has 0 spiro atoms. The Morgan fingerprint density at radius 2 is 1.71 bits per heavy atom. The third kappa shape index (κ3) is 3.78. The highest BCUT2D eigenvalue weighted by Gasteiger charge is 2.64. The van der Waals surface area contributed by atoms with Crippen molar-refractivity contribution >= 4 is 5.97 Å².